The molecule has 0 aromatic heterocycles. The second-order valence-electron chi connectivity index (χ2n) is 5.13. The number of hydrogen-bond acceptors (Lipinski definition) is 4. The molecule has 1 aromatic rings. The van der Waals surface area contributed by atoms with E-state index in [2.05, 4.69) is 6.92 Å². The minimum atomic E-state index is -1.03. The van der Waals surface area contributed by atoms with Crippen molar-refractivity contribution in [3.63, 3.8) is 0 Å². The Kier molecular flexibility index (Phi) is 8.47. The molecule has 1 atom stereocenters. The van der Waals surface area contributed by atoms with Crippen molar-refractivity contribution in [1.29, 1.82) is 0 Å². The van der Waals surface area contributed by atoms with Crippen molar-refractivity contribution in [2.45, 2.75) is 45.1 Å². The van der Waals surface area contributed by atoms with E-state index in [4.69, 9.17) is 10.5 Å². The molecule has 1 rings (SSSR count). The molecule has 0 heterocycles. The zero-order valence-corrected chi connectivity index (χ0v) is 14.0. The first-order valence-electron chi connectivity index (χ1n) is 7.74. The quantitative estimate of drug-likeness (QED) is 0.529. The summed E-state index contributed by atoms with van der Waals surface area (Å²) in [6.45, 7) is 4.36. The van der Waals surface area contributed by atoms with Gasteiger partial charge in [0.2, 0.25) is 0 Å². The summed E-state index contributed by atoms with van der Waals surface area (Å²) in [5.41, 5.74) is 6.20. The van der Waals surface area contributed by atoms with Crippen LogP contribution in [0.3, 0.4) is 0 Å². The summed E-state index contributed by atoms with van der Waals surface area (Å²) in [7, 11) is 0. The van der Waals surface area contributed by atoms with Gasteiger partial charge in [0, 0.05) is 0 Å². The van der Waals surface area contributed by atoms with E-state index in [-0.39, 0.29) is 5.97 Å². The molecule has 1 unspecified atom stereocenters. The topological polar surface area (TPSA) is 52.3 Å². The molecule has 1 aromatic carbocycles. The fourth-order valence-electron chi connectivity index (χ4n) is 2.15. The van der Waals surface area contributed by atoms with Crippen LogP contribution in [0, 0.1) is 0 Å². The molecule has 3 nitrogen and oxygen atoms in total. The summed E-state index contributed by atoms with van der Waals surface area (Å²) in [6.07, 6.45) is 4.32. The fraction of sp³-hybridized carbons (Fsp3) is 0.588. The molecular weight excluding hydrogens is 282 g/mol. The molecular formula is C17H27NO2S. The fourth-order valence-corrected chi connectivity index (χ4v) is 3.23. The highest BCUT2D eigenvalue weighted by Crippen LogP contribution is 2.26. The van der Waals surface area contributed by atoms with Crippen LogP contribution in [0.5, 0.6) is 0 Å². The van der Waals surface area contributed by atoms with Gasteiger partial charge in [0.05, 0.1) is 6.61 Å². The zero-order valence-electron chi connectivity index (χ0n) is 13.1. The van der Waals surface area contributed by atoms with Gasteiger partial charge >= 0.3 is 5.97 Å². The highest BCUT2D eigenvalue weighted by Gasteiger charge is 2.36. The molecule has 21 heavy (non-hydrogen) atoms. The lowest BCUT2D eigenvalue weighted by atomic mass is 9.88. The second-order valence-corrected chi connectivity index (χ2v) is 6.35. The zero-order chi connectivity index (χ0) is 15.6. The van der Waals surface area contributed by atoms with E-state index in [9.17, 15) is 4.79 Å². The van der Waals surface area contributed by atoms with E-state index < -0.39 is 5.54 Å². The minimum absolute atomic E-state index is 0.328. The third-order valence-electron chi connectivity index (χ3n) is 3.46. The molecule has 4 heteroatoms. The molecule has 0 saturated heterocycles. The van der Waals surface area contributed by atoms with Crippen LogP contribution >= 0.6 is 11.8 Å². The number of ether oxygens (including phenoxy) is 1. The molecule has 118 valence electrons. The van der Waals surface area contributed by atoms with Gasteiger partial charge in [0.15, 0.2) is 0 Å². The largest absolute Gasteiger partial charge is 0.464 e. The number of nitrogens with two attached hydrogens (primary N) is 1. The average Bonchev–Trinajstić information content (AvgIpc) is 2.51. The van der Waals surface area contributed by atoms with Gasteiger partial charge in [0.1, 0.15) is 5.54 Å². The van der Waals surface area contributed by atoms with Crippen LogP contribution < -0.4 is 5.73 Å². The van der Waals surface area contributed by atoms with Gasteiger partial charge < -0.3 is 10.5 Å². The standard InChI is InChI=1S/C17H27NO2S/c1-3-5-9-13-21-14-12-17(18,16(19)20-4-2)15-10-7-6-8-11-15/h6-8,10-11H,3-5,9,12-14,18H2,1-2H3. The predicted octanol–water partition coefficient (Wildman–Crippen LogP) is 3.72. The van der Waals surface area contributed by atoms with Crippen LogP contribution in [-0.4, -0.2) is 24.1 Å². The molecule has 0 amide bonds. The minimum Gasteiger partial charge on any atom is -0.464 e. The normalized spacial score (nSPS) is 13.7. The van der Waals surface area contributed by atoms with Crippen molar-refractivity contribution in [3.05, 3.63) is 35.9 Å². The van der Waals surface area contributed by atoms with E-state index in [1.165, 1.54) is 19.3 Å². The molecule has 0 saturated carbocycles. The lowest BCUT2D eigenvalue weighted by Crippen LogP contribution is -2.46. The Morgan fingerprint density at radius 1 is 1.19 bits per heavy atom. The Bertz CT molecular complexity index is 411. The number of carbonyl (C=O) groups is 1. The SMILES string of the molecule is CCCCCSCCC(N)(C(=O)OCC)c1ccccc1. The van der Waals surface area contributed by atoms with Crippen LogP contribution in [0.15, 0.2) is 30.3 Å². The van der Waals surface area contributed by atoms with Crippen LogP contribution in [0.2, 0.25) is 0 Å². The summed E-state index contributed by atoms with van der Waals surface area (Å²) in [5, 5.41) is 0. The first kappa shape index (κ1) is 18.1. The van der Waals surface area contributed by atoms with Crippen molar-refractivity contribution < 1.29 is 9.53 Å². The summed E-state index contributed by atoms with van der Waals surface area (Å²) in [4.78, 5) is 12.3. The molecule has 0 aliphatic rings. The second kappa shape index (κ2) is 9.85. The first-order valence-corrected chi connectivity index (χ1v) is 8.90. The number of carbonyl (C=O) groups excluding carboxylic acids is 1. The van der Waals surface area contributed by atoms with Crippen LogP contribution in [0.1, 0.15) is 45.1 Å². The van der Waals surface area contributed by atoms with Crippen LogP contribution in [-0.2, 0) is 15.1 Å². The predicted molar refractivity (Wildman–Crippen MR) is 90.4 cm³/mol. The Morgan fingerprint density at radius 2 is 1.90 bits per heavy atom. The Balaban J connectivity index is 2.63. The van der Waals surface area contributed by atoms with Crippen LogP contribution in [0.4, 0.5) is 0 Å². The van der Waals surface area contributed by atoms with E-state index >= 15 is 0 Å². The number of esters is 1. The van der Waals surface area contributed by atoms with Crippen molar-refractivity contribution in [2.75, 3.05) is 18.1 Å². The number of thioether (sulfide) groups is 1. The molecule has 0 spiro atoms. The number of hydrogen-bond donors (Lipinski definition) is 1. The Hall–Kier alpha value is -1.00. The van der Waals surface area contributed by atoms with E-state index in [0.717, 1.165) is 17.1 Å². The number of unbranched alkanes of at least 4 members (excludes halogenated alkanes) is 2. The molecule has 0 fully saturated rings. The molecule has 0 aliphatic carbocycles. The van der Waals surface area contributed by atoms with Gasteiger partial charge in [-0.05, 0) is 36.8 Å². The maximum absolute atomic E-state index is 12.3. The molecule has 2 N–H and O–H groups in total. The average molecular weight is 309 g/mol. The maximum atomic E-state index is 12.3. The van der Waals surface area contributed by atoms with Gasteiger partial charge in [0.25, 0.3) is 0 Å². The molecule has 0 aliphatic heterocycles. The third kappa shape index (κ3) is 5.71. The highest BCUT2D eigenvalue weighted by atomic mass is 32.2. The van der Waals surface area contributed by atoms with Gasteiger partial charge in [-0.2, -0.15) is 11.8 Å². The highest BCUT2D eigenvalue weighted by molar-refractivity contribution is 7.99. The van der Waals surface area contributed by atoms with Gasteiger partial charge in [-0.25, -0.2) is 4.79 Å². The molecule has 0 radical (unpaired) electrons. The summed E-state index contributed by atoms with van der Waals surface area (Å²) in [6, 6.07) is 9.54. The summed E-state index contributed by atoms with van der Waals surface area (Å²) < 4.78 is 5.18. The lowest BCUT2D eigenvalue weighted by Gasteiger charge is -2.27. The van der Waals surface area contributed by atoms with Crippen molar-refractivity contribution >= 4 is 17.7 Å². The monoisotopic (exact) mass is 309 g/mol. The van der Waals surface area contributed by atoms with Crippen LogP contribution in [0.25, 0.3) is 0 Å². The number of benzene rings is 1. The smallest absolute Gasteiger partial charge is 0.330 e. The van der Waals surface area contributed by atoms with Gasteiger partial charge in [-0.15, -0.1) is 0 Å². The van der Waals surface area contributed by atoms with E-state index in [0.29, 0.717) is 13.0 Å². The van der Waals surface area contributed by atoms with Crippen molar-refractivity contribution in [2.24, 2.45) is 5.73 Å². The number of rotatable bonds is 10. The third-order valence-corrected chi connectivity index (χ3v) is 4.53. The van der Waals surface area contributed by atoms with E-state index in [1.54, 1.807) is 0 Å². The van der Waals surface area contributed by atoms with Crippen molar-refractivity contribution in [3.8, 4) is 0 Å². The van der Waals surface area contributed by atoms with Crippen molar-refractivity contribution in [1.82, 2.24) is 0 Å². The van der Waals surface area contributed by atoms with Gasteiger partial charge in [-0.3, -0.25) is 0 Å². The maximum Gasteiger partial charge on any atom is 0.330 e. The van der Waals surface area contributed by atoms with Gasteiger partial charge in [-0.1, -0.05) is 50.1 Å². The molecule has 0 bridgehead atoms. The lowest BCUT2D eigenvalue weighted by molar-refractivity contribution is -0.150. The van der Waals surface area contributed by atoms with E-state index in [1.807, 2.05) is 49.0 Å². The Morgan fingerprint density at radius 3 is 2.52 bits per heavy atom. The Labute approximate surface area is 132 Å². The summed E-state index contributed by atoms with van der Waals surface area (Å²) in [5.74, 6) is 1.67. The summed E-state index contributed by atoms with van der Waals surface area (Å²) >= 11 is 1.86. The first-order chi connectivity index (χ1) is 10.1.